The van der Waals surface area contributed by atoms with E-state index in [-0.39, 0.29) is 11.3 Å². The molecule has 0 bridgehead atoms. The Kier molecular flexibility index (Phi) is 5.00. The van der Waals surface area contributed by atoms with Gasteiger partial charge >= 0.3 is 0 Å². The van der Waals surface area contributed by atoms with Crippen molar-refractivity contribution >= 4 is 23.6 Å². The maximum absolute atomic E-state index is 13.2. The fraction of sp³-hybridized carbons (Fsp3) is 0.882. The molecule has 1 spiro atoms. The van der Waals surface area contributed by atoms with E-state index < -0.39 is 0 Å². The minimum absolute atomic E-state index is 0.201. The SMILES string of the molecule is CSCC(=O)N1CCC2(CCCN(C3CCCCC3)C2=O)C1. The second-order valence-corrected chi connectivity index (χ2v) is 8.04. The van der Waals surface area contributed by atoms with Crippen molar-refractivity contribution in [3.8, 4) is 0 Å². The highest BCUT2D eigenvalue weighted by molar-refractivity contribution is 7.99. The number of likely N-dealkylation sites (tertiary alicyclic amines) is 2. The van der Waals surface area contributed by atoms with Crippen molar-refractivity contribution in [2.24, 2.45) is 5.41 Å². The van der Waals surface area contributed by atoms with Gasteiger partial charge in [-0.25, -0.2) is 0 Å². The van der Waals surface area contributed by atoms with Crippen LogP contribution in [-0.2, 0) is 9.59 Å². The molecule has 1 atom stereocenters. The van der Waals surface area contributed by atoms with Gasteiger partial charge in [0.1, 0.15) is 0 Å². The number of amides is 2. The van der Waals surface area contributed by atoms with Crippen LogP contribution in [0.15, 0.2) is 0 Å². The van der Waals surface area contributed by atoms with Gasteiger partial charge in [-0.2, -0.15) is 11.8 Å². The number of carbonyl (C=O) groups excluding carboxylic acids is 2. The molecule has 1 aliphatic carbocycles. The van der Waals surface area contributed by atoms with E-state index in [0.29, 0.717) is 24.2 Å². The minimum Gasteiger partial charge on any atom is -0.341 e. The van der Waals surface area contributed by atoms with Gasteiger partial charge in [0.05, 0.1) is 11.2 Å². The van der Waals surface area contributed by atoms with Crippen molar-refractivity contribution in [2.75, 3.05) is 31.6 Å². The second kappa shape index (κ2) is 6.81. The largest absolute Gasteiger partial charge is 0.341 e. The molecule has 0 N–H and O–H groups in total. The first-order valence-electron chi connectivity index (χ1n) is 8.74. The molecule has 0 aromatic carbocycles. The van der Waals surface area contributed by atoms with Gasteiger partial charge in [0.25, 0.3) is 0 Å². The van der Waals surface area contributed by atoms with Crippen LogP contribution in [0.5, 0.6) is 0 Å². The number of hydrogen-bond donors (Lipinski definition) is 0. The summed E-state index contributed by atoms with van der Waals surface area (Å²) in [7, 11) is 0. The Morgan fingerprint density at radius 2 is 1.95 bits per heavy atom. The molecule has 5 heteroatoms. The average Bonchev–Trinajstić information content (AvgIpc) is 2.97. The van der Waals surface area contributed by atoms with Gasteiger partial charge < -0.3 is 9.80 Å². The second-order valence-electron chi connectivity index (χ2n) is 7.17. The Morgan fingerprint density at radius 3 is 2.68 bits per heavy atom. The summed E-state index contributed by atoms with van der Waals surface area (Å²) in [6.45, 7) is 2.36. The van der Waals surface area contributed by atoms with E-state index in [2.05, 4.69) is 4.90 Å². The standard InChI is InChI=1S/C17H28N2O2S/c1-22-12-15(20)18-11-9-17(13-18)8-5-10-19(16(17)21)14-6-3-2-4-7-14/h14H,2-13H2,1H3. The Morgan fingerprint density at radius 1 is 1.18 bits per heavy atom. The number of piperidine rings is 1. The van der Waals surface area contributed by atoms with E-state index in [4.69, 9.17) is 0 Å². The van der Waals surface area contributed by atoms with E-state index in [9.17, 15) is 9.59 Å². The first kappa shape index (κ1) is 16.2. The summed E-state index contributed by atoms with van der Waals surface area (Å²) < 4.78 is 0. The van der Waals surface area contributed by atoms with Crippen LogP contribution in [0.2, 0.25) is 0 Å². The summed E-state index contributed by atoms with van der Waals surface area (Å²) in [5.41, 5.74) is -0.260. The molecule has 124 valence electrons. The lowest BCUT2D eigenvalue weighted by atomic mass is 9.77. The number of hydrogen-bond acceptors (Lipinski definition) is 3. The number of nitrogens with zero attached hydrogens (tertiary/aromatic N) is 2. The molecular weight excluding hydrogens is 296 g/mol. The quantitative estimate of drug-likeness (QED) is 0.801. The zero-order valence-corrected chi connectivity index (χ0v) is 14.5. The fourth-order valence-electron chi connectivity index (χ4n) is 4.52. The monoisotopic (exact) mass is 324 g/mol. The van der Waals surface area contributed by atoms with E-state index in [1.807, 2.05) is 11.2 Å². The summed E-state index contributed by atoms with van der Waals surface area (Å²) in [6.07, 6.45) is 11.1. The zero-order valence-electron chi connectivity index (χ0n) is 13.7. The lowest BCUT2D eigenvalue weighted by Crippen LogP contribution is -2.54. The van der Waals surface area contributed by atoms with Gasteiger partial charge in [-0.05, 0) is 38.4 Å². The van der Waals surface area contributed by atoms with Crippen LogP contribution in [0.4, 0.5) is 0 Å². The van der Waals surface area contributed by atoms with Crippen LogP contribution >= 0.6 is 11.8 Å². The van der Waals surface area contributed by atoms with Gasteiger partial charge in [-0.3, -0.25) is 9.59 Å². The smallest absolute Gasteiger partial charge is 0.232 e. The minimum atomic E-state index is -0.260. The van der Waals surface area contributed by atoms with E-state index in [1.165, 1.54) is 32.1 Å². The molecule has 2 saturated heterocycles. The molecule has 2 aliphatic heterocycles. The fourth-order valence-corrected chi connectivity index (χ4v) is 4.95. The molecule has 22 heavy (non-hydrogen) atoms. The Bertz CT molecular complexity index is 436. The molecule has 0 aromatic heterocycles. The Balaban J connectivity index is 1.68. The predicted molar refractivity (Wildman–Crippen MR) is 89.8 cm³/mol. The van der Waals surface area contributed by atoms with E-state index in [0.717, 1.165) is 32.4 Å². The molecule has 1 saturated carbocycles. The number of carbonyl (C=O) groups is 2. The van der Waals surface area contributed by atoms with Crippen LogP contribution in [0.3, 0.4) is 0 Å². The molecule has 1 unspecified atom stereocenters. The Labute approximate surface area is 138 Å². The predicted octanol–water partition coefficient (Wildman–Crippen LogP) is 2.52. The number of thioether (sulfide) groups is 1. The van der Waals surface area contributed by atoms with Gasteiger partial charge in [-0.15, -0.1) is 0 Å². The van der Waals surface area contributed by atoms with Crippen molar-refractivity contribution in [2.45, 2.75) is 57.4 Å². The lowest BCUT2D eigenvalue weighted by Gasteiger charge is -2.44. The van der Waals surface area contributed by atoms with Gasteiger partial charge in [0, 0.05) is 25.7 Å². The van der Waals surface area contributed by atoms with Crippen molar-refractivity contribution in [3.05, 3.63) is 0 Å². The van der Waals surface area contributed by atoms with E-state index >= 15 is 0 Å². The maximum Gasteiger partial charge on any atom is 0.232 e. The number of rotatable bonds is 3. The zero-order chi connectivity index (χ0) is 15.6. The summed E-state index contributed by atoms with van der Waals surface area (Å²) in [5, 5.41) is 0. The molecule has 4 nitrogen and oxygen atoms in total. The van der Waals surface area contributed by atoms with Gasteiger partial charge in [-0.1, -0.05) is 19.3 Å². The van der Waals surface area contributed by atoms with Crippen molar-refractivity contribution < 1.29 is 9.59 Å². The van der Waals surface area contributed by atoms with Crippen LogP contribution in [0, 0.1) is 5.41 Å². The van der Waals surface area contributed by atoms with Gasteiger partial charge in [0.2, 0.25) is 11.8 Å². The van der Waals surface area contributed by atoms with Crippen LogP contribution < -0.4 is 0 Å². The van der Waals surface area contributed by atoms with Crippen molar-refractivity contribution in [1.29, 1.82) is 0 Å². The molecular formula is C17H28N2O2S. The molecule has 0 aromatic rings. The average molecular weight is 324 g/mol. The van der Waals surface area contributed by atoms with E-state index in [1.54, 1.807) is 11.8 Å². The highest BCUT2D eigenvalue weighted by atomic mass is 32.2. The summed E-state index contributed by atoms with van der Waals surface area (Å²) in [6, 6.07) is 0.467. The summed E-state index contributed by atoms with van der Waals surface area (Å²) >= 11 is 1.57. The lowest BCUT2D eigenvalue weighted by molar-refractivity contribution is -0.149. The topological polar surface area (TPSA) is 40.6 Å². The normalized spacial score (nSPS) is 30.3. The third kappa shape index (κ3) is 3.01. The molecule has 2 heterocycles. The molecule has 3 aliphatic rings. The third-order valence-electron chi connectivity index (χ3n) is 5.76. The van der Waals surface area contributed by atoms with Crippen LogP contribution in [0.25, 0.3) is 0 Å². The first-order chi connectivity index (χ1) is 10.7. The maximum atomic E-state index is 13.2. The van der Waals surface area contributed by atoms with Crippen LogP contribution in [-0.4, -0.2) is 59.3 Å². The Hall–Kier alpha value is -0.710. The highest BCUT2D eigenvalue weighted by Gasteiger charge is 2.50. The highest BCUT2D eigenvalue weighted by Crippen LogP contribution is 2.42. The first-order valence-corrected chi connectivity index (χ1v) is 10.1. The van der Waals surface area contributed by atoms with Gasteiger partial charge in [0.15, 0.2) is 0 Å². The molecule has 2 amide bonds. The van der Waals surface area contributed by atoms with Crippen LogP contribution in [0.1, 0.15) is 51.4 Å². The molecule has 3 rings (SSSR count). The third-order valence-corrected chi connectivity index (χ3v) is 6.29. The van der Waals surface area contributed by atoms with Crippen molar-refractivity contribution in [1.82, 2.24) is 9.80 Å². The molecule has 3 fully saturated rings. The molecule has 0 radical (unpaired) electrons. The summed E-state index contributed by atoms with van der Waals surface area (Å²) in [4.78, 5) is 29.4. The van der Waals surface area contributed by atoms with Crippen molar-refractivity contribution in [3.63, 3.8) is 0 Å². The summed E-state index contributed by atoms with van der Waals surface area (Å²) in [5.74, 6) is 1.09.